The lowest BCUT2D eigenvalue weighted by molar-refractivity contribution is -0.385. The maximum Gasteiger partial charge on any atom is 0.278 e. The first-order valence-electron chi connectivity index (χ1n) is 6.66. The Kier molecular flexibility index (Phi) is 5.95. The molecule has 1 atom stereocenters. The van der Waals surface area contributed by atoms with E-state index in [4.69, 9.17) is 9.47 Å². The number of nitrogens with one attached hydrogen (secondary N) is 1. The molecular weight excluding hydrogens is 276 g/mol. The molecule has 1 amide bonds. The number of carbonyl (C=O) groups is 1. The molecule has 1 rings (SSSR count). The summed E-state index contributed by atoms with van der Waals surface area (Å²) in [6.45, 7) is 5.41. The van der Waals surface area contributed by atoms with Crippen molar-refractivity contribution in [2.24, 2.45) is 0 Å². The molecule has 1 unspecified atom stereocenters. The van der Waals surface area contributed by atoms with Crippen molar-refractivity contribution in [2.75, 3.05) is 13.7 Å². The molecule has 0 aliphatic heterocycles. The second-order valence-corrected chi connectivity index (χ2v) is 4.59. The maximum absolute atomic E-state index is 11.2. The fraction of sp³-hybridized carbons (Fsp3) is 0.500. The fourth-order valence-electron chi connectivity index (χ4n) is 1.94. The van der Waals surface area contributed by atoms with Crippen LogP contribution in [0.1, 0.15) is 38.8 Å². The van der Waals surface area contributed by atoms with Crippen molar-refractivity contribution in [2.45, 2.75) is 33.2 Å². The van der Waals surface area contributed by atoms with Crippen LogP contribution in [0.25, 0.3) is 0 Å². The van der Waals surface area contributed by atoms with E-state index in [9.17, 15) is 14.9 Å². The quantitative estimate of drug-likeness (QED) is 0.617. The van der Waals surface area contributed by atoms with Crippen molar-refractivity contribution in [3.8, 4) is 11.5 Å². The van der Waals surface area contributed by atoms with Crippen LogP contribution in [0.5, 0.6) is 11.5 Å². The SMILES string of the molecule is CCCOc1cc([N+](=O)[O-])c(C(C)NC(C)=O)cc1OC. The molecule has 116 valence electrons. The molecule has 0 saturated heterocycles. The van der Waals surface area contributed by atoms with Crippen LogP contribution in [0, 0.1) is 10.1 Å². The Balaban J connectivity index is 3.28. The summed E-state index contributed by atoms with van der Waals surface area (Å²) in [5, 5.41) is 13.9. The highest BCUT2D eigenvalue weighted by atomic mass is 16.6. The number of nitro groups is 1. The zero-order valence-corrected chi connectivity index (χ0v) is 12.6. The van der Waals surface area contributed by atoms with Gasteiger partial charge in [-0.25, -0.2) is 0 Å². The van der Waals surface area contributed by atoms with Gasteiger partial charge in [-0.3, -0.25) is 14.9 Å². The first-order chi connectivity index (χ1) is 9.90. The van der Waals surface area contributed by atoms with Crippen molar-refractivity contribution in [1.82, 2.24) is 5.32 Å². The van der Waals surface area contributed by atoms with E-state index in [-0.39, 0.29) is 11.6 Å². The number of hydrogen-bond acceptors (Lipinski definition) is 5. The number of rotatable bonds is 7. The first kappa shape index (κ1) is 16.7. The number of hydrogen-bond donors (Lipinski definition) is 1. The molecule has 1 aromatic carbocycles. The van der Waals surface area contributed by atoms with Gasteiger partial charge in [0.2, 0.25) is 5.91 Å². The monoisotopic (exact) mass is 296 g/mol. The van der Waals surface area contributed by atoms with Crippen molar-refractivity contribution in [3.05, 3.63) is 27.8 Å². The average molecular weight is 296 g/mol. The van der Waals surface area contributed by atoms with Crippen LogP contribution in [0.2, 0.25) is 0 Å². The summed E-state index contributed by atoms with van der Waals surface area (Å²) in [6.07, 6.45) is 0.779. The zero-order valence-electron chi connectivity index (χ0n) is 12.6. The second kappa shape index (κ2) is 7.47. The highest BCUT2D eigenvalue weighted by Crippen LogP contribution is 2.37. The van der Waals surface area contributed by atoms with Gasteiger partial charge >= 0.3 is 0 Å². The Hall–Kier alpha value is -2.31. The second-order valence-electron chi connectivity index (χ2n) is 4.59. The summed E-state index contributed by atoms with van der Waals surface area (Å²) >= 11 is 0. The maximum atomic E-state index is 11.2. The Labute approximate surface area is 123 Å². The molecule has 7 heteroatoms. The molecule has 0 fully saturated rings. The summed E-state index contributed by atoms with van der Waals surface area (Å²) in [4.78, 5) is 21.9. The van der Waals surface area contributed by atoms with Gasteiger partial charge in [0.25, 0.3) is 5.69 Å². The van der Waals surface area contributed by atoms with Crippen LogP contribution in [-0.2, 0) is 4.79 Å². The van der Waals surface area contributed by atoms with E-state index in [0.29, 0.717) is 23.7 Å². The van der Waals surface area contributed by atoms with E-state index in [0.717, 1.165) is 6.42 Å². The molecule has 0 heterocycles. The lowest BCUT2D eigenvalue weighted by Gasteiger charge is -2.16. The molecule has 21 heavy (non-hydrogen) atoms. The van der Waals surface area contributed by atoms with Gasteiger partial charge in [0, 0.05) is 6.92 Å². The highest BCUT2D eigenvalue weighted by molar-refractivity contribution is 5.73. The van der Waals surface area contributed by atoms with Gasteiger partial charge in [0.1, 0.15) is 0 Å². The minimum absolute atomic E-state index is 0.108. The van der Waals surface area contributed by atoms with Crippen molar-refractivity contribution in [3.63, 3.8) is 0 Å². The molecule has 0 saturated carbocycles. The standard InChI is InChI=1S/C14H20N2O5/c1-5-6-21-14-8-12(16(18)19)11(7-13(14)20-4)9(2)15-10(3)17/h7-9H,5-6H2,1-4H3,(H,15,17). The molecule has 0 aliphatic carbocycles. The van der Waals surface area contributed by atoms with Gasteiger partial charge in [-0.15, -0.1) is 0 Å². The minimum Gasteiger partial charge on any atom is -0.493 e. The lowest BCUT2D eigenvalue weighted by atomic mass is 10.0. The van der Waals surface area contributed by atoms with E-state index in [1.54, 1.807) is 6.92 Å². The smallest absolute Gasteiger partial charge is 0.278 e. The van der Waals surface area contributed by atoms with Crippen LogP contribution in [0.15, 0.2) is 12.1 Å². The van der Waals surface area contributed by atoms with E-state index >= 15 is 0 Å². The Morgan fingerprint density at radius 1 is 1.43 bits per heavy atom. The molecule has 1 N–H and O–H groups in total. The number of ether oxygens (including phenoxy) is 2. The van der Waals surface area contributed by atoms with Gasteiger partial charge < -0.3 is 14.8 Å². The van der Waals surface area contributed by atoms with Gasteiger partial charge in [0.15, 0.2) is 11.5 Å². The van der Waals surface area contributed by atoms with Crippen molar-refractivity contribution in [1.29, 1.82) is 0 Å². The fourth-order valence-corrected chi connectivity index (χ4v) is 1.94. The van der Waals surface area contributed by atoms with Crippen LogP contribution < -0.4 is 14.8 Å². The summed E-state index contributed by atoms with van der Waals surface area (Å²) in [5.41, 5.74) is 0.263. The normalized spacial score (nSPS) is 11.6. The minimum atomic E-state index is -0.503. The molecule has 0 aromatic heterocycles. The van der Waals surface area contributed by atoms with Crippen molar-refractivity contribution < 1.29 is 19.2 Å². The molecule has 7 nitrogen and oxygen atoms in total. The van der Waals surface area contributed by atoms with Crippen LogP contribution in [-0.4, -0.2) is 24.5 Å². The third-order valence-electron chi connectivity index (χ3n) is 2.86. The lowest BCUT2D eigenvalue weighted by Crippen LogP contribution is -2.24. The summed E-state index contributed by atoms with van der Waals surface area (Å²) in [5.74, 6) is 0.466. The number of amides is 1. The number of nitro benzene ring substituents is 1. The van der Waals surface area contributed by atoms with Gasteiger partial charge in [-0.1, -0.05) is 6.92 Å². The van der Waals surface area contributed by atoms with Gasteiger partial charge in [0.05, 0.1) is 36.3 Å². The summed E-state index contributed by atoms with van der Waals surface area (Å²) < 4.78 is 10.7. The molecule has 0 spiro atoms. The number of carbonyl (C=O) groups excluding carboxylic acids is 1. The number of nitrogens with zero attached hydrogens (tertiary/aromatic N) is 1. The molecule has 1 aromatic rings. The largest absolute Gasteiger partial charge is 0.493 e. The molecule has 0 aliphatic rings. The summed E-state index contributed by atoms with van der Waals surface area (Å²) in [7, 11) is 1.47. The van der Waals surface area contributed by atoms with E-state index in [1.165, 1.54) is 26.2 Å². The van der Waals surface area contributed by atoms with Crippen LogP contribution in [0.3, 0.4) is 0 Å². The Morgan fingerprint density at radius 3 is 2.57 bits per heavy atom. The van der Waals surface area contributed by atoms with Crippen molar-refractivity contribution >= 4 is 11.6 Å². The topological polar surface area (TPSA) is 90.7 Å². The first-order valence-corrected chi connectivity index (χ1v) is 6.66. The predicted molar refractivity (Wildman–Crippen MR) is 77.7 cm³/mol. The molecule has 0 bridgehead atoms. The Morgan fingerprint density at radius 2 is 2.10 bits per heavy atom. The summed E-state index contributed by atoms with van der Waals surface area (Å²) in [6, 6.07) is 2.36. The number of methoxy groups -OCH3 is 1. The molecular formula is C14H20N2O5. The Bertz CT molecular complexity index is 530. The van der Waals surface area contributed by atoms with E-state index < -0.39 is 11.0 Å². The van der Waals surface area contributed by atoms with Gasteiger partial charge in [-0.05, 0) is 19.4 Å². The third-order valence-corrected chi connectivity index (χ3v) is 2.86. The predicted octanol–water partition coefficient (Wildman–Crippen LogP) is 2.59. The van der Waals surface area contributed by atoms with E-state index in [2.05, 4.69) is 5.32 Å². The third kappa shape index (κ3) is 4.34. The molecule has 0 radical (unpaired) electrons. The van der Waals surface area contributed by atoms with Crippen LogP contribution >= 0.6 is 0 Å². The zero-order chi connectivity index (χ0) is 16.0. The average Bonchev–Trinajstić information content (AvgIpc) is 2.43. The van der Waals surface area contributed by atoms with Crippen LogP contribution in [0.4, 0.5) is 5.69 Å². The van der Waals surface area contributed by atoms with Gasteiger partial charge in [-0.2, -0.15) is 0 Å². The van der Waals surface area contributed by atoms with E-state index in [1.807, 2.05) is 6.92 Å². The highest BCUT2D eigenvalue weighted by Gasteiger charge is 2.24. The number of benzene rings is 1.